The SMILES string of the molecule is COC(=O)/C=C/c1cccc(NC(=O)C2(Cc3ccc(N4CCN(C)CC4)cc3)CCCCC2)c1. The first-order chi connectivity index (χ1) is 17.0. The van der Waals surface area contributed by atoms with Crippen molar-refractivity contribution in [3.8, 4) is 0 Å². The van der Waals surface area contributed by atoms with Crippen molar-refractivity contribution in [2.45, 2.75) is 38.5 Å². The zero-order valence-corrected chi connectivity index (χ0v) is 21.0. The smallest absolute Gasteiger partial charge is 0.330 e. The summed E-state index contributed by atoms with van der Waals surface area (Å²) in [6.07, 6.45) is 8.98. The Kier molecular flexibility index (Phi) is 8.24. The fourth-order valence-corrected chi connectivity index (χ4v) is 5.21. The van der Waals surface area contributed by atoms with Gasteiger partial charge in [0.2, 0.25) is 5.91 Å². The molecule has 186 valence electrons. The summed E-state index contributed by atoms with van der Waals surface area (Å²) in [5, 5.41) is 3.18. The van der Waals surface area contributed by atoms with E-state index < -0.39 is 11.4 Å². The summed E-state index contributed by atoms with van der Waals surface area (Å²) in [4.78, 5) is 29.9. The summed E-state index contributed by atoms with van der Waals surface area (Å²) >= 11 is 0. The number of rotatable bonds is 7. The minimum absolute atomic E-state index is 0.0921. The molecule has 0 radical (unpaired) electrons. The molecule has 6 nitrogen and oxygen atoms in total. The zero-order chi connectivity index (χ0) is 24.7. The van der Waals surface area contributed by atoms with Gasteiger partial charge in [0.05, 0.1) is 12.5 Å². The van der Waals surface area contributed by atoms with E-state index in [1.54, 1.807) is 6.08 Å². The number of methoxy groups -OCH3 is 1. The number of hydrogen-bond acceptors (Lipinski definition) is 5. The summed E-state index contributed by atoms with van der Waals surface area (Å²) in [6, 6.07) is 16.4. The topological polar surface area (TPSA) is 61.9 Å². The molecule has 1 aliphatic heterocycles. The first-order valence-corrected chi connectivity index (χ1v) is 12.7. The third kappa shape index (κ3) is 6.51. The maximum Gasteiger partial charge on any atom is 0.330 e. The molecule has 1 saturated heterocycles. The average Bonchev–Trinajstić information content (AvgIpc) is 2.89. The third-order valence-corrected chi connectivity index (χ3v) is 7.40. The summed E-state index contributed by atoms with van der Waals surface area (Å²) in [7, 11) is 3.53. The van der Waals surface area contributed by atoms with Crippen LogP contribution in [0.5, 0.6) is 0 Å². The molecule has 0 aromatic heterocycles. The van der Waals surface area contributed by atoms with E-state index in [1.807, 2.05) is 24.3 Å². The van der Waals surface area contributed by atoms with Crippen LogP contribution in [0.15, 0.2) is 54.6 Å². The van der Waals surface area contributed by atoms with Crippen molar-refractivity contribution in [2.24, 2.45) is 5.41 Å². The largest absolute Gasteiger partial charge is 0.466 e. The van der Waals surface area contributed by atoms with Gasteiger partial charge in [-0.15, -0.1) is 0 Å². The van der Waals surface area contributed by atoms with Crippen molar-refractivity contribution in [3.63, 3.8) is 0 Å². The normalized spacial score (nSPS) is 18.4. The van der Waals surface area contributed by atoms with Crippen LogP contribution in [0.1, 0.15) is 43.2 Å². The van der Waals surface area contributed by atoms with E-state index in [1.165, 1.54) is 30.9 Å². The lowest BCUT2D eigenvalue weighted by molar-refractivity contribution is -0.134. The lowest BCUT2D eigenvalue weighted by atomic mass is 9.69. The van der Waals surface area contributed by atoms with Crippen LogP contribution in [0.4, 0.5) is 11.4 Å². The average molecular weight is 476 g/mol. The number of piperazine rings is 1. The van der Waals surface area contributed by atoms with Gasteiger partial charge in [0.15, 0.2) is 0 Å². The fraction of sp³-hybridized carbons (Fsp3) is 0.448. The summed E-state index contributed by atoms with van der Waals surface area (Å²) < 4.78 is 4.66. The van der Waals surface area contributed by atoms with Crippen molar-refractivity contribution >= 4 is 29.3 Å². The number of esters is 1. The van der Waals surface area contributed by atoms with Crippen molar-refractivity contribution in [1.29, 1.82) is 0 Å². The van der Waals surface area contributed by atoms with Crippen LogP contribution in [-0.2, 0) is 20.7 Å². The molecule has 0 atom stereocenters. The molecule has 2 aliphatic rings. The Labute approximate surface area is 208 Å². The van der Waals surface area contributed by atoms with Crippen LogP contribution in [0.2, 0.25) is 0 Å². The molecule has 6 heteroatoms. The first-order valence-electron chi connectivity index (χ1n) is 12.7. The van der Waals surface area contributed by atoms with Crippen molar-refractivity contribution in [2.75, 3.05) is 50.6 Å². The molecule has 1 amide bonds. The van der Waals surface area contributed by atoms with Crippen molar-refractivity contribution < 1.29 is 14.3 Å². The lowest BCUT2D eigenvalue weighted by Gasteiger charge is -2.36. The van der Waals surface area contributed by atoms with Crippen molar-refractivity contribution in [3.05, 3.63) is 65.7 Å². The van der Waals surface area contributed by atoms with Gasteiger partial charge in [0.25, 0.3) is 0 Å². The van der Waals surface area contributed by atoms with E-state index >= 15 is 0 Å². The van der Waals surface area contributed by atoms with Gasteiger partial charge < -0.3 is 19.9 Å². The Hall–Kier alpha value is -3.12. The third-order valence-electron chi connectivity index (χ3n) is 7.40. The number of anilines is 2. The molecule has 2 aromatic carbocycles. The van der Waals surface area contributed by atoms with Gasteiger partial charge in [-0.05, 0) is 67.8 Å². The van der Waals surface area contributed by atoms with E-state index in [9.17, 15) is 9.59 Å². The quantitative estimate of drug-likeness (QED) is 0.462. The summed E-state index contributed by atoms with van der Waals surface area (Å²) in [5.74, 6) is -0.311. The zero-order valence-electron chi connectivity index (χ0n) is 21.0. The number of hydrogen-bond donors (Lipinski definition) is 1. The van der Waals surface area contributed by atoms with E-state index in [-0.39, 0.29) is 5.91 Å². The standard InChI is InChI=1S/C29H37N3O3/c1-31-17-19-32(20-18-31)26-12-9-24(10-13-26)22-29(15-4-3-5-16-29)28(34)30-25-8-6-7-23(21-25)11-14-27(33)35-2/h6-14,21H,3-5,15-20,22H2,1-2H3,(H,30,34)/b14-11+. The molecule has 0 bridgehead atoms. The van der Waals surface area contributed by atoms with E-state index in [2.05, 4.69) is 51.2 Å². The van der Waals surface area contributed by atoms with Crippen LogP contribution in [0, 0.1) is 5.41 Å². The first kappa shape index (κ1) is 25.0. The van der Waals surface area contributed by atoms with E-state index in [0.717, 1.165) is 69.5 Å². The number of carbonyl (C=O) groups is 2. The van der Waals surface area contributed by atoms with E-state index in [4.69, 9.17) is 0 Å². The highest BCUT2D eigenvalue weighted by atomic mass is 16.5. The number of benzene rings is 2. The summed E-state index contributed by atoms with van der Waals surface area (Å²) in [5.41, 5.74) is 3.67. The molecule has 1 heterocycles. The second-order valence-corrected chi connectivity index (χ2v) is 9.91. The second-order valence-electron chi connectivity index (χ2n) is 9.91. The van der Waals surface area contributed by atoms with Gasteiger partial charge in [0.1, 0.15) is 0 Å². The Morgan fingerprint density at radius 2 is 1.71 bits per heavy atom. The molecule has 0 unspecified atom stereocenters. The molecular weight excluding hydrogens is 438 g/mol. The predicted molar refractivity (Wildman–Crippen MR) is 141 cm³/mol. The molecular formula is C29H37N3O3. The van der Waals surface area contributed by atoms with Gasteiger partial charge in [-0.2, -0.15) is 0 Å². The Morgan fingerprint density at radius 3 is 2.40 bits per heavy atom. The van der Waals surface area contributed by atoms with Gasteiger partial charge in [-0.1, -0.05) is 43.5 Å². The number of ether oxygens (including phenoxy) is 1. The molecule has 4 rings (SSSR count). The van der Waals surface area contributed by atoms with Crippen LogP contribution >= 0.6 is 0 Å². The van der Waals surface area contributed by atoms with Gasteiger partial charge >= 0.3 is 5.97 Å². The maximum atomic E-state index is 13.6. The fourth-order valence-electron chi connectivity index (χ4n) is 5.21. The molecule has 1 saturated carbocycles. The molecule has 0 spiro atoms. The van der Waals surface area contributed by atoms with Crippen LogP contribution in [-0.4, -0.2) is 57.1 Å². The maximum absolute atomic E-state index is 13.6. The molecule has 1 aliphatic carbocycles. The minimum Gasteiger partial charge on any atom is -0.466 e. The van der Waals surface area contributed by atoms with Crippen molar-refractivity contribution in [1.82, 2.24) is 4.90 Å². The molecule has 35 heavy (non-hydrogen) atoms. The predicted octanol–water partition coefficient (Wildman–Crippen LogP) is 4.76. The number of nitrogens with zero attached hydrogens (tertiary/aromatic N) is 2. The van der Waals surface area contributed by atoms with Crippen LogP contribution in [0.25, 0.3) is 6.08 Å². The second kappa shape index (κ2) is 11.5. The van der Waals surface area contributed by atoms with Gasteiger partial charge in [-0.3, -0.25) is 4.79 Å². The monoisotopic (exact) mass is 475 g/mol. The highest BCUT2D eigenvalue weighted by molar-refractivity contribution is 5.96. The molecule has 2 aromatic rings. The number of amides is 1. The Bertz CT molecular complexity index is 1030. The molecule has 1 N–H and O–H groups in total. The number of carbonyl (C=O) groups excluding carboxylic acids is 2. The lowest BCUT2D eigenvalue weighted by Crippen LogP contribution is -2.44. The number of nitrogens with one attached hydrogen (secondary N) is 1. The van der Waals surface area contributed by atoms with Gasteiger partial charge in [0, 0.05) is 43.6 Å². The van der Waals surface area contributed by atoms with Gasteiger partial charge in [-0.25, -0.2) is 4.79 Å². The van der Waals surface area contributed by atoms with Crippen LogP contribution in [0.3, 0.4) is 0 Å². The highest BCUT2D eigenvalue weighted by Crippen LogP contribution is 2.40. The highest BCUT2D eigenvalue weighted by Gasteiger charge is 2.39. The Morgan fingerprint density at radius 1 is 1.00 bits per heavy atom. The Balaban J connectivity index is 1.46. The van der Waals surface area contributed by atoms with Crippen LogP contribution < -0.4 is 10.2 Å². The minimum atomic E-state index is -0.403. The summed E-state index contributed by atoms with van der Waals surface area (Å²) in [6.45, 7) is 4.28. The number of likely N-dealkylation sites (N-methyl/N-ethyl adjacent to an activating group) is 1. The molecule has 2 fully saturated rings. The van der Waals surface area contributed by atoms with E-state index in [0.29, 0.717) is 0 Å².